The Balaban J connectivity index is 2.03. The fourth-order valence-corrected chi connectivity index (χ4v) is 5.11. The van der Waals surface area contributed by atoms with Gasteiger partial charge in [-0.2, -0.15) is 18.4 Å². The van der Waals surface area contributed by atoms with Crippen LogP contribution < -0.4 is 19.6 Å². The van der Waals surface area contributed by atoms with Crippen molar-refractivity contribution < 1.29 is 27.4 Å². The molecule has 0 fully saturated rings. The van der Waals surface area contributed by atoms with Gasteiger partial charge in [0, 0.05) is 15.6 Å². The van der Waals surface area contributed by atoms with E-state index in [0.717, 1.165) is 4.57 Å². The summed E-state index contributed by atoms with van der Waals surface area (Å²) < 4.78 is 53.9. The second-order valence-electron chi connectivity index (χ2n) is 7.74. The smallest absolute Gasteiger partial charge is 0.434 e. The summed E-state index contributed by atoms with van der Waals surface area (Å²) in [6.07, 6.45) is -3.64. The summed E-state index contributed by atoms with van der Waals surface area (Å²) >= 11 is 12.8. The molecule has 0 saturated heterocycles. The van der Waals surface area contributed by atoms with Crippen LogP contribution in [0.1, 0.15) is 24.1 Å². The summed E-state index contributed by atoms with van der Waals surface area (Å²) in [5.41, 5.74) is -2.46. The molecule has 0 N–H and O–H groups in total. The van der Waals surface area contributed by atoms with Crippen LogP contribution in [0.2, 0.25) is 10.0 Å². The maximum absolute atomic E-state index is 14.2. The van der Waals surface area contributed by atoms with Crippen molar-refractivity contribution >= 4 is 46.6 Å². The number of nitrogens with zero attached hydrogens (tertiary/aromatic N) is 3. The van der Waals surface area contributed by atoms with E-state index in [4.69, 9.17) is 37.9 Å². The van der Waals surface area contributed by atoms with Crippen molar-refractivity contribution in [1.82, 2.24) is 4.57 Å². The van der Waals surface area contributed by atoms with Crippen molar-refractivity contribution in [1.29, 1.82) is 5.26 Å². The Bertz CT molecular complexity index is 1660. The van der Waals surface area contributed by atoms with E-state index in [1.54, 1.807) is 0 Å². The molecule has 1 aromatic heterocycles. The number of hydrogen-bond acceptors (Lipinski definition) is 7. The second kappa shape index (κ2) is 11.0. The number of rotatable bonds is 6. The summed E-state index contributed by atoms with van der Waals surface area (Å²) in [7, 11) is 0. The number of hydrogen-bond donors (Lipinski definition) is 0. The molecule has 196 valence electrons. The average molecular weight is 582 g/mol. The maximum atomic E-state index is 14.2. The Morgan fingerprint density at radius 2 is 1.89 bits per heavy atom. The van der Waals surface area contributed by atoms with Gasteiger partial charge >= 0.3 is 12.1 Å². The normalized spacial score (nSPS) is 15.5. The van der Waals surface area contributed by atoms with Gasteiger partial charge < -0.3 is 9.47 Å². The van der Waals surface area contributed by atoms with Crippen LogP contribution in [-0.2, 0) is 9.53 Å². The lowest BCUT2D eigenvalue weighted by Crippen LogP contribution is -2.41. The van der Waals surface area contributed by atoms with Gasteiger partial charge in [0.15, 0.2) is 17.1 Å². The fourth-order valence-electron chi connectivity index (χ4n) is 3.82. The lowest BCUT2D eigenvalue weighted by atomic mass is 9.95. The highest BCUT2D eigenvalue weighted by molar-refractivity contribution is 7.07. The first-order valence-corrected chi connectivity index (χ1v) is 12.5. The third kappa shape index (κ3) is 5.48. The molecule has 1 aliphatic rings. The van der Waals surface area contributed by atoms with Gasteiger partial charge in [0.2, 0.25) is 0 Å². The van der Waals surface area contributed by atoms with Crippen LogP contribution in [0.25, 0.3) is 6.08 Å². The molecule has 0 unspecified atom stereocenters. The van der Waals surface area contributed by atoms with Gasteiger partial charge in [0.25, 0.3) is 5.56 Å². The topological polar surface area (TPSA) is 93.7 Å². The standard InChI is InChI=1S/C25H16Cl2F3N3O4S/c1-2-36-23(35)19-20(13-3-5-15(26)6-4-13)33-22(34)18(38-24(33)32-21(19)25(28,29)30)12-14-11-16(27)7-8-17(14)37-10-9-31/h3-8,11-12,20H,2,10H2,1H3/b18-12-/t20-/m1/s1. The number of thiazole rings is 1. The predicted octanol–water partition coefficient (Wildman–Crippen LogP) is 4.55. The quantitative estimate of drug-likeness (QED) is 0.398. The minimum Gasteiger partial charge on any atom is -0.478 e. The number of carbonyl (C=O) groups excluding carboxylic acids is 1. The molecule has 7 nitrogen and oxygen atoms in total. The molecule has 4 rings (SSSR count). The van der Waals surface area contributed by atoms with E-state index < -0.39 is 35.0 Å². The molecule has 2 heterocycles. The number of benzene rings is 2. The number of fused-ring (bicyclic) bond motifs is 1. The molecule has 0 radical (unpaired) electrons. The van der Waals surface area contributed by atoms with Crippen LogP contribution in [0.15, 0.2) is 63.5 Å². The Morgan fingerprint density at radius 3 is 2.53 bits per heavy atom. The van der Waals surface area contributed by atoms with Crippen LogP contribution in [0.5, 0.6) is 5.75 Å². The zero-order valence-corrected chi connectivity index (χ0v) is 21.7. The van der Waals surface area contributed by atoms with Crippen LogP contribution in [0.3, 0.4) is 0 Å². The fraction of sp³-hybridized carbons (Fsp3) is 0.200. The lowest BCUT2D eigenvalue weighted by Gasteiger charge is -2.26. The van der Waals surface area contributed by atoms with Crippen molar-refractivity contribution in [3.05, 3.63) is 94.6 Å². The molecular weight excluding hydrogens is 566 g/mol. The van der Waals surface area contributed by atoms with Crippen LogP contribution >= 0.6 is 34.5 Å². The first-order valence-electron chi connectivity index (χ1n) is 10.9. The van der Waals surface area contributed by atoms with E-state index in [2.05, 4.69) is 4.99 Å². The molecule has 0 saturated carbocycles. The van der Waals surface area contributed by atoms with Gasteiger partial charge in [-0.15, -0.1) is 0 Å². The molecule has 0 bridgehead atoms. The first-order chi connectivity index (χ1) is 18.0. The largest absolute Gasteiger partial charge is 0.478 e. The minimum absolute atomic E-state index is 0.00146. The van der Waals surface area contributed by atoms with Crippen molar-refractivity contribution in [2.45, 2.75) is 19.1 Å². The monoisotopic (exact) mass is 581 g/mol. The number of nitriles is 1. The summed E-state index contributed by atoms with van der Waals surface area (Å²) in [5.74, 6) is -1.01. The predicted molar refractivity (Wildman–Crippen MR) is 135 cm³/mol. The lowest BCUT2D eigenvalue weighted by molar-refractivity contribution is -0.140. The number of alkyl halides is 3. The third-order valence-corrected chi connectivity index (χ3v) is 6.80. The number of esters is 1. The molecule has 1 aliphatic heterocycles. The van der Waals surface area contributed by atoms with E-state index in [0.29, 0.717) is 26.9 Å². The Labute approximate surface area is 227 Å². The average Bonchev–Trinajstić information content (AvgIpc) is 3.17. The van der Waals surface area contributed by atoms with E-state index >= 15 is 0 Å². The highest BCUT2D eigenvalue weighted by Gasteiger charge is 2.45. The molecule has 2 aromatic carbocycles. The molecule has 0 spiro atoms. The number of carbonyl (C=O) groups is 1. The maximum Gasteiger partial charge on any atom is 0.434 e. The summed E-state index contributed by atoms with van der Waals surface area (Å²) in [4.78, 5) is 29.9. The number of allylic oxidation sites excluding steroid dienone is 1. The number of ether oxygens (including phenoxy) is 2. The number of halogens is 5. The SMILES string of the molecule is CCOC(=O)C1=C(C(F)(F)F)N=c2s/c(=C\c3cc(Cl)ccc3OCC#N)c(=O)n2[C@@H]1c1ccc(Cl)cc1. The van der Waals surface area contributed by atoms with E-state index in [-0.39, 0.29) is 33.9 Å². The summed E-state index contributed by atoms with van der Waals surface area (Å²) in [6, 6.07) is 10.6. The van der Waals surface area contributed by atoms with Crippen LogP contribution in [0, 0.1) is 11.3 Å². The summed E-state index contributed by atoms with van der Waals surface area (Å²) in [6.45, 7) is 0.985. The Morgan fingerprint density at radius 1 is 1.21 bits per heavy atom. The van der Waals surface area contributed by atoms with Gasteiger partial charge in [0.1, 0.15) is 11.8 Å². The van der Waals surface area contributed by atoms with E-state index in [1.807, 2.05) is 6.07 Å². The number of aromatic nitrogens is 1. The zero-order valence-electron chi connectivity index (χ0n) is 19.4. The second-order valence-corrected chi connectivity index (χ2v) is 9.63. The van der Waals surface area contributed by atoms with Gasteiger partial charge in [-0.05, 0) is 48.9 Å². The molecule has 0 aliphatic carbocycles. The van der Waals surface area contributed by atoms with Gasteiger partial charge in [0.05, 0.1) is 22.8 Å². The molecule has 0 amide bonds. The van der Waals surface area contributed by atoms with E-state index in [1.165, 1.54) is 55.5 Å². The Hall–Kier alpha value is -3.59. The third-order valence-electron chi connectivity index (χ3n) is 5.33. The van der Waals surface area contributed by atoms with Gasteiger partial charge in [-0.3, -0.25) is 9.36 Å². The Kier molecular flexibility index (Phi) is 7.97. The van der Waals surface area contributed by atoms with Crippen molar-refractivity contribution in [3.63, 3.8) is 0 Å². The van der Waals surface area contributed by atoms with Crippen LogP contribution in [0.4, 0.5) is 13.2 Å². The molecular formula is C25H16Cl2F3N3O4S. The summed E-state index contributed by atoms with van der Waals surface area (Å²) in [5, 5.41) is 9.46. The molecule has 1 atom stereocenters. The van der Waals surface area contributed by atoms with Crippen LogP contribution in [-0.4, -0.2) is 29.9 Å². The van der Waals surface area contributed by atoms with Gasteiger partial charge in [-0.1, -0.05) is 46.7 Å². The molecule has 38 heavy (non-hydrogen) atoms. The highest BCUT2D eigenvalue weighted by Crippen LogP contribution is 2.38. The van der Waals surface area contributed by atoms with Crippen molar-refractivity contribution in [3.8, 4) is 11.8 Å². The van der Waals surface area contributed by atoms with Crippen molar-refractivity contribution in [2.75, 3.05) is 13.2 Å². The zero-order chi connectivity index (χ0) is 27.6. The van der Waals surface area contributed by atoms with Gasteiger partial charge in [-0.25, -0.2) is 9.79 Å². The van der Waals surface area contributed by atoms with E-state index in [9.17, 15) is 22.8 Å². The highest BCUT2D eigenvalue weighted by atomic mass is 35.5. The molecule has 13 heteroatoms. The first kappa shape index (κ1) is 27.4. The van der Waals surface area contributed by atoms with Crippen molar-refractivity contribution in [2.24, 2.45) is 4.99 Å². The molecule has 3 aromatic rings. The minimum atomic E-state index is -5.02.